The van der Waals surface area contributed by atoms with Crippen molar-refractivity contribution in [1.82, 2.24) is 14.4 Å². The number of fused-ring (bicyclic) bond motifs is 1. The van der Waals surface area contributed by atoms with Crippen LogP contribution in [0.25, 0.3) is 10.9 Å². The topological polar surface area (TPSA) is 71.6 Å². The van der Waals surface area contributed by atoms with Gasteiger partial charge in [0.15, 0.2) is 0 Å². The van der Waals surface area contributed by atoms with Crippen LogP contribution < -0.4 is 0 Å². The molecular weight excluding hydrogens is 368 g/mol. The molecule has 1 amide bonds. The quantitative estimate of drug-likeness (QED) is 0.493. The third-order valence-electron chi connectivity index (χ3n) is 5.55. The summed E-state index contributed by atoms with van der Waals surface area (Å²) in [5.41, 5.74) is 2.18. The van der Waals surface area contributed by atoms with Gasteiger partial charge in [-0.25, -0.2) is 0 Å². The van der Waals surface area contributed by atoms with Gasteiger partial charge in [0.05, 0.1) is 4.92 Å². The number of nitro groups is 1. The van der Waals surface area contributed by atoms with E-state index in [0.29, 0.717) is 6.54 Å². The van der Waals surface area contributed by atoms with Gasteiger partial charge in [-0.05, 0) is 24.6 Å². The van der Waals surface area contributed by atoms with Crippen molar-refractivity contribution >= 4 is 22.5 Å². The SMILES string of the molecule is CC1CN(Cc2ccccc2)CCN1C(=O)Cn1ccc2cc([N+](=O)[O-])ccc21. The van der Waals surface area contributed by atoms with E-state index in [1.54, 1.807) is 12.1 Å². The summed E-state index contributed by atoms with van der Waals surface area (Å²) in [6.07, 6.45) is 1.82. The summed E-state index contributed by atoms with van der Waals surface area (Å²) in [5, 5.41) is 11.7. The first-order valence-electron chi connectivity index (χ1n) is 9.80. The molecule has 0 aliphatic carbocycles. The lowest BCUT2D eigenvalue weighted by atomic mass is 10.1. The number of hydrogen-bond donors (Lipinski definition) is 0. The Morgan fingerprint density at radius 2 is 1.93 bits per heavy atom. The zero-order chi connectivity index (χ0) is 20.4. The fourth-order valence-corrected chi connectivity index (χ4v) is 4.06. The lowest BCUT2D eigenvalue weighted by molar-refractivity contribution is -0.384. The Balaban J connectivity index is 1.40. The Hall–Kier alpha value is -3.19. The first-order chi connectivity index (χ1) is 14.0. The Morgan fingerprint density at radius 3 is 2.66 bits per heavy atom. The maximum absolute atomic E-state index is 12.9. The number of rotatable bonds is 5. The summed E-state index contributed by atoms with van der Waals surface area (Å²) in [4.78, 5) is 27.8. The Bertz CT molecular complexity index is 1030. The monoisotopic (exact) mass is 392 g/mol. The highest BCUT2D eigenvalue weighted by atomic mass is 16.6. The number of nitro benzene ring substituents is 1. The molecule has 29 heavy (non-hydrogen) atoms. The average molecular weight is 392 g/mol. The van der Waals surface area contributed by atoms with Crippen LogP contribution in [0.4, 0.5) is 5.69 Å². The lowest BCUT2D eigenvalue weighted by Crippen LogP contribution is -2.54. The highest BCUT2D eigenvalue weighted by Gasteiger charge is 2.27. The van der Waals surface area contributed by atoms with Gasteiger partial charge in [0.2, 0.25) is 5.91 Å². The molecule has 0 radical (unpaired) electrons. The van der Waals surface area contributed by atoms with Crippen molar-refractivity contribution in [3.8, 4) is 0 Å². The minimum atomic E-state index is -0.404. The van der Waals surface area contributed by atoms with Crippen LogP contribution in [0.15, 0.2) is 60.8 Å². The van der Waals surface area contributed by atoms with Crippen molar-refractivity contribution in [1.29, 1.82) is 0 Å². The summed E-state index contributed by atoms with van der Waals surface area (Å²) in [7, 11) is 0. The lowest BCUT2D eigenvalue weighted by Gasteiger charge is -2.40. The van der Waals surface area contributed by atoms with Gasteiger partial charge in [-0.15, -0.1) is 0 Å². The van der Waals surface area contributed by atoms with Gasteiger partial charge in [0.25, 0.3) is 5.69 Å². The van der Waals surface area contributed by atoms with Crippen LogP contribution >= 0.6 is 0 Å². The molecule has 0 bridgehead atoms. The van der Waals surface area contributed by atoms with Crippen LogP contribution in [0, 0.1) is 10.1 Å². The predicted molar refractivity (Wildman–Crippen MR) is 111 cm³/mol. The maximum Gasteiger partial charge on any atom is 0.270 e. The van der Waals surface area contributed by atoms with Crippen molar-refractivity contribution in [3.05, 3.63) is 76.5 Å². The minimum absolute atomic E-state index is 0.0599. The van der Waals surface area contributed by atoms with Gasteiger partial charge in [-0.3, -0.25) is 19.8 Å². The van der Waals surface area contributed by atoms with E-state index in [2.05, 4.69) is 36.1 Å². The molecule has 150 valence electrons. The van der Waals surface area contributed by atoms with Gasteiger partial charge in [-0.1, -0.05) is 30.3 Å². The molecule has 1 aliphatic heterocycles. The third-order valence-corrected chi connectivity index (χ3v) is 5.55. The van der Waals surface area contributed by atoms with Gasteiger partial charge >= 0.3 is 0 Å². The second-order valence-corrected chi connectivity index (χ2v) is 7.60. The molecule has 1 aliphatic rings. The molecule has 0 spiro atoms. The van der Waals surface area contributed by atoms with E-state index < -0.39 is 4.92 Å². The summed E-state index contributed by atoms with van der Waals surface area (Å²) < 4.78 is 1.87. The summed E-state index contributed by atoms with van der Waals surface area (Å²) >= 11 is 0. The number of non-ortho nitro benzene ring substituents is 1. The molecule has 1 saturated heterocycles. The van der Waals surface area contributed by atoms with E-state index in [0.717, 1.165) is 30.5 Å². The highest BCUT2D eigenvalue weighted by molar-refractivity contribution is 5.85. The minimum Gasteiger partial charge on any atom is -0.338 e. The largest absolute Gasteiger partial charge is 0.338 e. The number of hydrogen-bond acceptors (Lipinski definition) is 4. The molecule has 0 N–H and O–H groups in total. The number of benzene rings is 2. The molecule has 2 heterocycles. The van der Waals surface area contributed by atoms with E-state index in [1.807, 2.05) is 27.8 Å². The average Bonchev–Trinajstić information content (AvgIpc) is 3.10. The Kier molecular flexibility index (Phi) is 5.31. The zero-order valence-corrected chi connectivity index (χ0v) is 16.4. The second kappa shape index (κ2) is 8.05. The molecule has 1 fully saturated rings. The van der Waals surface area contributed by atoms with Crippen LogP contribution in [0.2, 0.25) is 0 Å². The number of amides is 1. The predicted octanol–water partition coefficient (Wildman–Crippen LogP) is 3.28. The van der Waals surface area contributed by atoms with Crippen molar-refractivity contribution < 1.29 is 9.72 Å². The van der Waals surface area contributed by atoms with Gasteiger partial charge in [-0.2, -0.15) is 0 Å². The standard InChI is InChI=1S/C22H24N4O3/c1-17-14-23(15-18-5-3-2-4-6-18)11-12-25(17)22(27)16-24-10-9-19-13-20(26(28)29)7-8-21(19)24/h2-10,13,17H,11-12,14-16H2,1H3. The molecule has 2 aromatic carbocycles. The van der Waals surface area contributed by atoms with Gasteiger partial charge < -0.3 is 9.47 Å². The normalized spacial score (nSPS) is 17.6. The van der Waals surface area contributed by atoms with Crippen molar-refractivity contribution in [2.75, 3.05) is 19.6 Å². The number of carbonyl (C=O) groups excluding carboxylic acids is 1. The summed E-state index contributed by atoms with van der Waals surface area (Å²) in [6.45, 7) is 5.63. The number of nitrogens with zero attached hydrogens (tertiary/aromatic N) is 4. The smallest absolute Gasteiger partial charge is 0.270 e. The van der Waals surface area contributed by atoms with Gasteiger partial charge in [0, 0.05) is 61.5 Å². The van der Waals surface area contributed by atoms with Crippen molar-refractivity contribution in [3.63, 3.8) is 0 Å². The number of piperazine rings is 1. The van der Waals surface area contributed by atoms with Crippen LogP contribution in [-0.4, -0.2) is 50.9 Å². The molecular formula is C22H24N4O3. The van der Waals surface area contributed by atoms with E-state index in [1.165, 1.54) is 11.6 Å². The van der Waals surface area contributed by atoms with Crippen LogP contribution in [0.1, 0.15) is 12.5 Å². The second-order valence-electron chi connectivity index (χ2n) is 7.60. The number of carbonyl (C=O) groups is 1. The molecule has 1 atom stereocenters. The molecule has 7 nitrogen and oxygen atoms in total. The number of aromatic nitrogens is 1. The van der Waals surface area contributed by atoms with Crippen LogP contribution in [-0.2, 0) is 17.9 Å². The zero-order valence-electron chi connectivity index (χ0n) is 16.4. The molecule has 1 unspecified atom stereocenters. The van der Waals surface area contributed by atoms with Crippen LogP contribution in [0.5, 0.6) is 0 Å². The molecule has 0 saturated carbocycles. The van der Waals surface area contributed by atoms with Gasteiger partial charge in [0.1, 0.15) is 6.54 Å². The van der Waals surface area contributed by atoms with E-state index in [4.69, 9.17) is 0 Å². The van der Waals surface area contributed by atoms with E-state index in [-0.39, 0.29) is 24.2 Å². The molecule has 3 aromatic rings. The van der Waals surface area contributed by atoms with Crippen LogP contribution in [0.3, 0.4) is 0 Å². The fourth-order valence-electron chi connectivity index (χ4n) is 4.06. The Labute approximate surface area is 169 Å². The maximum atomic E-state index is 12.9. The third kappa shape index (κ3) is 4.14. The summed E-state index contributed by atoms with van der Waals surface area (Å²) in [5.74, 6) is 0.0766. The first-order valence-corrected chi connectivity index (χ1v) is 9.80. The highest BCUT2D eigenvalue weighted by Crippen LogP contribution is 2.22. The molecule has 7 heteroatoms. The Morgan fingerprint density at radius 1 is 1.14 bits per heavy atom. The molecule has 1 aromatic heterocycles. The fraction of sp³-hybridized carbons (Fsp3) is 0.318. The van der Waals surface area contributed by atoms with E-state index >= 15 is 0 Å². The van der Waals surface area contributed by atoms with Crippen molar-refractivity contribution in [2.45, 2.75) is 26.1 Å². The summed E-state index contributed by atoms with van der Waals surface area (Å²) in [6, 6.07) is 17.1. The van der Waals surface area contributed by atoms with Crippen molar-refractivity contribution in [2.24, 2.45) is 0 Å². The first kappa shape index (κ1) is 19.1. The van der Waals surface area contributed by atoms with E-state index in [9.17, 15) is 14.9 Å². The molecule has 4 rings (SSSR count).